The van der Waals surface area contributed by atoms with Crippen molar-refractivity contribution in [3.63, 3.8) is 0 Å². The topological polar surface area (TPSA) is 58.6 Å². The molecule has 1 amide bonds. The van der Waals surface area contributed by atoms with Crippen LogP contribution in [-0.2, 0) is 14.3 Å². The number of carbonyl (C=O) groups excluding carboxylic acids is 2. The first-order valence-corrected chi connectivity index (χ1v) is 8.18. The largest absolute Gasteiger partial charge is 0.469 e. The van der Waals surface area contributed by atoms with E-state index < -0.39 is 0 Å². The fraction of sp³-hybridized carbons (Fsp3) is 0.600. The van der Waals surface area contributed by atoms with Gasteiger partial charge in [0, 0.05) is 6.54 Å². The molecule has 1 aromatic rings. The van der Waals surface area contributed by atoms with Crippen molar-refractivity contribution in [2.45, 2.75) is 38.9 Å². The average Bonchev–Trinajstić information content (AvgIpc) is 3.12. The van der Waals surface area contributed by atoms with E-state index in [1.165, 1.54) is 7.11 Å². The van der Waals surface area contributed by atoms with Crippen LogP contribution >= 0.6 is 11.3 Å². The van der Waals surface area contributed by atoms with Gasteiger partial charge in [-0.3, -0.25) is 14.9 Å². The minimum absolute atomic E-state index is 0.0736. The summed E-state index contributed by atoms with van der Waals surface area (Å²) in [7, 11) is 1.37. The third-order valence-corrected chi connectivity index (χ3v) is 4.76. The third-order valence-electron chi connectivity index (χ3n) is 4.05. The Labute approximate surface area is 129 Å². The first kappa shape index (κ1) is 16.0. The van der Waals surface area contributed by atoms with Crippen molar-refractivity contribution in [3.8, 4) is 0 Å². The molecule has 3 atom stereocenters. The van der Waals surface area contributed by atoms with E-state index in [1.54, 1.807) is 16.2 Å². The van der Waals surface area contributed by atoms with Crippen LogP contribution in [0, 0.1) is 5.92 Å². The van der Waals surface area contributed by atoms with E-state index in [4.69, 9.17) is 0 Å². The molecule has 1 saturated heterocycles. The van der Waals surface area contributed by atoms with Gasteiger partial charge in [0.1, 0.15) is 6.17 Å². The number of carbonyl (C=O) groups is 2. The number of nitrogens with zero attached hydrogens (tertiary/aromatic N) is 1. The fourth-order valence-corrected chi connectivity index (χ4v) is 3.22. The summed E-state index contributed by atoms with van der Waals surface area (Å²) in [6.07, 6.45) is 1.01. The summed E-state index contributed by atoms with van der Waals surface area (Å²) in [5, 5.41) is 7.45. The Morgan fingerprint density at radius 1 is 1.57 bits per heavy atom. The molecule has 1 N–H and O–H groups in total. The molecule has 0 radical (unpaired) electrons. The molecule has 116 valence electrons. The van der Waals surface area contributed by atoms with Crippen LogP contribution in [0.4, 0.5) is 0 Å². The molecule has 2 heterocycles. The molecule has 1 aliphatic rings. The number of hydrogen-bond donors (Lipinski definition) is 1. The van der Waals surface area contributed by atoms with Crippen LogP contribution < -0.4 is 5.32 Å². The second kappa shape index (κ2) is 7.04. The number of esters is 1. The number of nitrogens with one attached hydrogen (secondary N) is 1. The average molecular weight is 310 g/mol. The molecule has 1 aromatic heterocycles. The van der Waals surface area contributed by atoms with E-state index in [0.29, 0.717) is 6.54 Å². The maximum absolute atomic E-state index is 12.6. The summed E-state index contributed by atoms with van der Waals surface area (Å²) in [4.78, 5) is 25.7. The van der Waals surface area contributed by atoms with E-state index >= 15 is 0 Å². The van der Waals surface area contributed by atoms with Gasteiger partial charge in [-0.25, -0.2) is 0 Å². The van der Waals surface area contributed by atoms with Crippen molar-refractivity contribution >= 4 is 23.2 Å². The lowest BCUT2D eigenvalue weighted by molar-refractivity contribution is -0.141. The van der Waals surface area contributed by atoms with Crippen molar-refractivity contribution in [1.29, 1.82) is 0 Å². The van der Waals surface area contributed by atoms with Gasteiger partial charge in [-0.15, -0.1) is 0 Å². The van der Waals surface area contributed by atoms with Gasteiger partial charge in [-0.1, -0.05) is 20.3 Å². The molecular formula is C15H22N2O3S. The second-order valence-electron chi connectivity index (χ2n) is 5.35. The maximum atomic E-state index is 12.6. The van der Waals surface area contributed by atoms with Gasteiger partial charge in [0.05, 0.1) is 19.6 Å². The van der Waals surface area contributed by atoms with Gasteiger partial charge in [0.25, 0.3) is 0 Å². The number of amides is 1. The minimum atomic E-state index is -0.293. The van der Waals surface area contributed by atoms with Gasteiger partial charge >= 0.3 is 5.97 Å². The van der Waals surface area contributed by atoms with Crippen LogP contribution in [0.25, 0.3) is 0 Å². The number of rotatable bonds is 6. The number of ether oxygens (including phenoxy) is 1. The molecule has 0 saturated carbocycles. The summed E-state index contributed by atoms with van der Waals surface area (Å²) in [6, 6.07) is 1.83. The first-order valence-electron chi connectivity index (χ1n) is 7.24. The zero-order valence-corrected chi connectivity index (χ0v) is 13.5. The molecular weight excluding hydrogens is 288 g/mol. The van der Waals surface area contributed by atoms with Gasteiger partial charge in [0.15, 0.2) is 0 Å². The first-order chi connectivity index (χ1) is 10.1. The Morgan fingerprint density at radius 2 is 2.33 bits per heavy atom. The molecule has 0 spiro atoms. The quantitative estimate of drug-likeness (QED) is 0.818. The molecule has 0 aromatic carbocycles. The Bertz CT molecular complexity index is 489. The Balaban J connectivity index is 2.15. The lowest BCUT2D eigenvalue weighted by atomic mass is 9.99. The monoisotopic (exact) mass is 310 g/mol. The zero-order chi connectivity index (χ0) is 15.4. The SMILES string of the molecule is CCC(C)C1NC(c2ccsc2)N(CCC(=O)OC)C1=O. The summed E-state index contributed by atoms with van der Waals surface area (Å²) >= 11 is 1.60. The van der Waals surface area contributed by atoms with Gasteiger partial charge < -0.3 is 9.64 Å². The summed E-state index contributed by atoms with van der Waals surface area (Å²) in [5.41, 5.74) is 1.07. The van der Waals surface area contributed by atoms with E-state index in [1.807, 2.05) is 16.8 Å². The van der Waals surface area contributed by atoms with Crippen LogP contribution in [0.5, 0.6) is 0 Å². The molecule has 1 fully saturated rings. The van der Waals surface area contributed by atoms with Crippen LogP contribution in [0.15, 0.2) is 16.8 Å². The van der Waals surface area contributed by atoms with Crippen LogP contribution in [0.2, 0.25) is 0 Å². The highest BCUT2D eigenvalue weighted by Crippen LogP contribution is 2.30. The summed E-state index contributed by atoms with van der Waals surface area (Å²) in [5.74, 6) is 0.0464. The number of methoxy groups -OCH3 is 1. The molecule has 3 unspecified atom stereocenters. The van der Waals surface area contributed by atoms with Crippen molar-refractivity contribution < 1.29 is 14.3 Å². The fourth-order valence-electron chi connectivity index (χ4n) is 2.54. The van der Waals surface area contributed by atoms with Gasteiger partial charge in [-0.2, -0.15) is 11.3 Å². The predicted molar refractivity (Wildman–Crippen MR) is 81.8 cm³/mol. The Hall–Kier alpha value is -1.40. The summed E-state index contributed by atoms with van der Waals surface area (Å²) < 4.78 is 4.67. The lowest BCUT2D eigenvalue weighted by Crippen LogP contribution is -2.36. The zero-order valence-electron chi connectivity index (χ0n) is 12.7. The van der Waals surface area contributed by atoms with Crippen LogP contribution in [0.1, 0.15) is 38.4 Å². The molecule has 0 aliphatic carbocycles. The van der Waals surface area contributed by atoms with Crippen LogP contribution in [0.3, 0.4) is 0 Å². The van der Waals surface area contributed by atoms with E-state index in [-0.39, 0.29) is 36.4 Å². The Morgan fingerprint density at radius 3 is 2.90 bits per heavy atom. The minimum Gasteiger partial charge on any atom is -0.469 e. The normalized spacial score (nSPS) is 23.4. The maximum Gasteiger partial charge on any atom is 0.307 e. The standard InChI is InChI=1S/C15H22N2O3S/c1-4-10(2)13-15(19)17(7-5-12(18)20-3)14(16-13)11-6-8-21-9-11/h6,8-10,13-14,16H,4-5,7H2,1-3H3. The number of hydrogen-bond acceptors (Lipinski definition) is 5. The number of thiophene rings is 1. The van der Waals surface area contributed by atoms with E-state index in [9.17, 15) is 9.59 Å². The highest BCUT2D eigenvalue weighted by Gasteiger charge is 2.41. The summed E-state index contributed by atoms with van der Waals surface area (Å²) in [6.45, 7) is 4.53. The van der Waals surface area contributed by atoms with Crippen molar-refractivity contribution in [1.82, 2.24) is 10.2 Å². The predicted octanol–water partition coefficient (Wildman–Crippen LogP) is 2.16. The molecule has 2 rings (SSSR count). The van der Waals surface area contributed by atoms with Crippen LogP contribution in [-0.4, -0.2) is 36.5 Å². The van der Waals surface area contributed by atoms with Crippen molar-refractivity contribution in [2.24, 2.45) is 5.92 Å². The Kier molecular flexibility index (Phi) is 5.36. The third kappa shape index (κ3) is 3.44. The molecule has 0 bridgehead atoms. The molecule has 5 nitrogen and oxygen atoms in total. The second-order valence-corrected chi connectivity index (χ2v) is 6.13. The highest BCUT2D eigenvalue weighted by molar-refractivity contribution is 7.07. The highest BCUT2D eigenvalue weighted by atomic mass is 32.1. The molecule has 1 aliphatic heterocycles. The molecule has 21 heavy (non-hydrogen) atoms. The smallest absolute Gasteiger partial charge is 0.307 e. The van der Waals surface area contributed by atoms with Gasteiger partial charge in [0.2, 0.25) is 5.91 Å². The van der Waals surface area contributed by atoms with Gasteiger partial charge in [-0.05, 0) is 28.3 Å². The lowest BCUT2D eigenvalue weighted by Gasteiger charge is -2.23. The molecule has 6 heteroatoms. The van der Waals surface area contributed by atoms with Crippen molar-refractivity contribution in [2.75, 3.05) is 13.7 Å². The van der Waals surface area contributed by atoms with E-state index in [0.717, 1.165) is 12.0 Å². The van der Waals surface area contributed by atoms with E-state index in [2.05, 4.69) is 23.9 Å². The van der Waals surface area contributed by atoms with Crippen molar-refractivity contribution in [3.05, 3.63) is 22.4 Å².